The molecular formula is C21H25NO5. The minimum absolute atomic E-state index is 0.113. The van der Waals surface area contributed by atoms with Crippen molar-refractivity contribution in [1.29, 1.82) is 0 Å². The van der Waals surface area contributed by atoms with Crippen molar-refractivity contribution >= 4 is 11.9 Å². The second kappa shape index (κ2) is 10.2. The Morgan fingerprint density at radius 2 is 1.78 bits per heavy atom. The normalized spacial score (nSPS) is 11.4. The van der Waals surface area contributed by atoms with Crippen LogP contribution in [0.15, 0.2) is 48.5 Å². The standard InChI is InChI=1S/C21H25NO5/c1-4-8-18(15-9-6-5-7-10-15)22-20(23)14-27-21(24)17-12-11-16(25-2)13-19(17)26-3/h5-7,9-13,18H,4,8,14H2,1-3H3,(H,22,23)/t18-/m1/s1. The highest BCUT2D eigenvalue weighted by molar-refractivity contribution is 5.94. The third-order valence-electron chi connectivity index (χ3n) is 4.08. The number of hydrogen-bond acceptors (Lipinski definition) is 5. The topological polar surface area (TPSA) is 73.9 Å². The third kappa shape index (κ3) is 5.74. The van der Waals surface area contributed by atoms with Crippen LogP contribution >= 0.6 is 0 Å². The number of amides is 1. The molecule has 0 bridgehead atoms. The number of methoxy groups -OCH3 is 2. The zero-order valence-corrected chi connectivity index (χ0v) is 15.9. The summed E-state index contributed by atoms with van der Waals surface area (Å²) in [6.45, 7) is 1.69. The third-order valence-corrected chi connectivity index (χ3v) is 4.08. The van der Waals surface area contributed by atoms with Gasteiger partial charge in [0.25, 0.3) is 5.91 Å². The van der Waals surface area contributed by atoms with E-state index >= 15 is 0 Å². The van der Waals surface area contributed by atoms with E-state index in [1.165, 1.54) is 14.2 Å². The van der Waals surface area contributed by atoms with Crippen LogP contribution < -0.4 is 14.8 Å². The summed E-state index contributed by atoms with van der Waals surface area (Å²) >= 11 is 0. The predicted molar refractivity (Wildman–Crippen MR) is 102 cm³/mol. The summed E-state index contributed by atoms with van der Waals surface area (Å²) in [5, 5.41) is 2.92. The van der Waals surface area contributed by atoms with Crippen LogP contribution in [-0.2, 0) is 9.53 Å². The van der Waals surface area contributed by atoms with Gasteiger partial charge in [-0.1, -0.05) is 43.7 Å². The Labute approximate surface area is 159 Å². The van der Waals surface area contributed by atoms with Crippen molar-refractivity contribution in [3.05, 3.63) is 59.7 Å². The van der Waals surface area contributed by atoms with Crippen LogP contribution in [0.1, 0.15) is 41.7 Å². The van der Waals surface area contributed by atoms with E-state index in [9.17, 15) is 9.59 Å². The first-order valence-corrected chi connectivity index (χ1v) is 8.82. The number of benzene rings is 2. The fourth-order valence-corrected chi connectivity index (χ4v) is 2.71. The fourth-order valence-electron chi connectivity index (χ4n) is 2.71. The number of carbonyl (C=O) groups excluding carboxylic acids is 2. The first-order valence-electron chi connectivity index (χ1n) is 8.82. The fraction of sp³-hybridized carbons (Fsp3) is 0.333. The molecule has 0 aliphatic carbocycles. The summed E-state index contributed by atoms with van der Waals surface area (Å²) in [5.74, 6) is -0.0890. The molecule has 0 radical (unpaired) electrons. The van der Waals surface area contributed by atoms with Gasteiger partial charge in [-0.25, -0.2) is 4.79 Å². The Morgan fingerprint density at radius 1 is 1.04 bits per heavy atom. The van der Waals surface area contributed by atoms with E-state index in [1.54, 1.807) is 18.2 Å². The van der Waals surface area contributed by atoms with Crippen molar-refractivity contribution in [1.82, 2.24) is 5.32 Å². The van der Waals surface area contributed by atoms with E-state index in [0.29, 0.717) is 11.5 Å². The van der Waals surface area contributed by atoms with Gasteiger partial charge in [0, 0.05) is 6.07 Å². The van der Waals surface area contributed by atoms with Gasteiger partial charge in [-0.3, -0.25) is 4.79 Å². The lowest BCUT2D eigenvalue weighted by molar-refractivity contribution is -0.125. The van der Waals surface area contributed by atoms with Gasteiger partial charge in [-0.05, 0) is 24.1 Å². The molecule has 1 atom stereocenters. The minimum atomic E-state index is -0.628. The van der Waals surface area contributed by atoms with Gasteiger partial charge in [-0.15, -0.1) is 0 Å². The molecule has 2 aromatic carbocycles. The molecule has 0 saturated carbocycles. The highest BCUT2D eigenvalue weighted by Gasteiger charge is 2.18. The molecule has 0 heterocycles. The monoisotopic (exact) mass is 371 g/mol. The summed E-state index contributed by atoms with van der Waals surface area (Å²) in [4.78, 5) is 24.5. The van der Waals surface area contributed by atoms with Gasteiger partial charge < -0.3 is 19.5 Å². The first-order chi connectivity index (χ1) is 13.1. The zero-order chi connectivity index (χ0) is 19.6. The largest absolute Gasteiger partial charge is 0.497 e. The summed E-state index contributed by atoms with van der Waals surface area (Å²) < 4.78 is 15.4. The van der Waals surface area contributed by atoms with Crippen molar-refractivity contribution in [2.45, 2.75) is 25.8 Å². The van der Waals surface area contributed by atoms with Gasteiger partial charge in [0.2, 0.25) is 0 Å². The Hall–Kier alpha value is -3.02. The molecule has 0 aliphatic rings. The lowest BCUT2D eigenvalue weighted by Gasteiger charge is -2.18. The number of ether oxygens (including phenoxy) is 3. The quantitative estimate of drug-likeness (QED) is 0.683. The van der Waals surface area contributed by atoms with E-state index in [1.807, 2.05) is 30.3 Å². The van der Waals surface area contributed by atoms with Crippen molar-refractivity contribution in [2.75, 3.05) is 20.8 Å². The SMILES string of the molecule is CCC[C@@H](NC(=O)COC(=O)c1ccc(OC)cc1OC)c1ccccc1. The van der Waals surface area contributed by atoms with Crippen molar-refractivity contribution in [3.63, 3.8) is 0 Å². The molecule has 0 saturated heterocycles. The van der Waals surface area contributed by atoms with E-state index in [0.717, 1.165) is 18.4 Å². The summed E-state index contributed by atoms with van der Waals surface area (Å²) in [7, 11) is 2.98. The van der Waals surface area contributed by atoms with Gasteiger partial charge in [0.15, 0.2) is 6.61 Å². The van der Waals surface area contributed by atoms with Crippen molar-refractivity contribution in [3.8, 4) is 11.5 Å². The summed E-state index contributed by atoms with van der Waals surface area (Å²) in [6, 6.07) is 14.4. The molecule has 1 amide bonds. The highest BCUT2D eigenvalue weighted by Crippen LogP contribution is 2.25. The average molecular weight is 371 g/mol. The lowest BCUT2D eigenvalue weighted by atomic mass is 10.0. The molecule has 6 heteroatoms. The molecule has 0 spiro atoms. The van der Waals surface area contributed by atoms with Gasteiger partial charge in [0.1, 0.15) is 17.1 Å². The van der Waals surface area contributed by atoms with Crippen LogP contribution in [-0.4, -0.2) is 32.7 Å². The molecular weight excluding hydrogens is 346 g/mol. The van der Waals surface area contributed by atoms with Crippen molar-refractivity contribution in [2.24, 2.45) is 0 Å². The smallest absolute Gasteiger partial charge is 0.342 e. The summed E-state index contributed by atoms with van der Waals surface area (Å²) in [6.07, 6.45) is 1.72. The molecule has 0 fully saturated rings. The van der Waals surface area contributed by atoms with Crippen LogP contribution in [0.5, 0.6) is 11.5 Å². The molecule has 2 rings (SSSR count). The maximum absolute atomic E-state index is 12.3. The molecule has 6 nitrogen and oxygen atoms in total. The number of esters is 1. The van der Waals surface area contributed by atoms with Crippen LogP contribution in [0, 0.1) is 0 Å². The second-order valence-corrected chi connectivity index (χ2v) is 5.96. The number of hydrogen-bond donors (Lipinski definition) is 1. The van der Waals surface area contributed by atoms with E-state index < -0.39 is 5.97 Å². The van der Waals surface area contributed by atoms with Crippen LogP contribution in [0.3, 0.4) is 0 Å². The number of carbonyl (C=O) groups is 2. The number of nitrogens with one attached hydrogen (secondary N) is 1. The molecule has 27 heavy (non-hydrogen) atoms. The Morgan fingerprint density at radius 3 is 2.41 bits per heavy atom. The molecule has 0 unspecified atom stereocenters. The Balaban J connectivity index is 1.97. The molecule has 0 aromatic heterocycles. The Kier molecular flexibility index (Phi) is 7.67. The molecule has 144 valence electrons. The van der Waals surface area contributed by atoms with Gasteiger partial charge in [-0.2, -0.15) is 0 Å². The maximum atomic E-state index is 12.3. The minimum Gasteiger partial charge on any atom is -0.497 e. The van der Waals surface area contributed by atoms with E-state index in [4.69, 9.17) is 14.2 Å². The van der Waals surface area contributed by atoms with Gasteiger partial charge >= 0.3 is 5.97 Å². The van der Waals surface area contributed by atoms with Crippen LogP contribution in [0.25, 0.3) is 0 Å². The first kappa shape index (κ1) is 20.3. The van der Waals surface area contributed by atoms with E-state index in [2.05, 4.69) is 12.2 Å². The van der Waals surface area contributed by atoms with Crippen LogP contribution in [0.2, 0.25) is 0 Å². The Bertz CT molecular complexity index is 760. The van der Waals surface area contributed by atoms with Crippen LogP contribution in [0.4, 0.5) is 0 Å². The van der Waals surface area contributed by atoms with E-state index in [-0.39, 0.29) is 24.1 Å². The van der Waals surface area contributed by atoms with Crippen molar-refractivity contribution < 1.29 is 23.8 Å². The molecule has 1 N–H and O–H groups in total. The number of rotatable bonds is 9. The van der Waals surface area contributed by atoms with Gasteiger partial charge in [0.05, 0.1) is 20.3 Å². The average Bonchev–Trinajstić information content (AvgIpc) is 2.71. The highest BCUT2D eigenvalue weighted by atomic mass is 16.5. The predicted octanol–water partition coefficient (Wildman–Crippen LogP) is 3.52. The molecule has 0 aliphatic heterocycles. The maximum Gasteiger partial charge on any atom is 0.342 e. The lowest BCUT2D eigenvalue weighted by Crippen LogP contribution is -2.32. The summed E-state index contributed by atoms with van der Waals surface area (Å²) in [5.41, 5.74) is 1.26. The molecule has 2 aromatic rings. The zero-order valence-electron chi connectivity index (χ0n) is 15.9. The second-order valence-electron chi connectivity index (χ2n) is 5.96.